The average molecular weight is 520 g/mol. The molecule has 0 saturated carbocycles. The summed E-state index contributed by atoms with van der Waals surface area (Å²) in [5.74, 6) is 0.678. The third-order valence-electron chi connectivity index (χ3n) is 4.84. The van der Waals surface area contributed by atoms with Crippen LogP contribution in [0.3, 0.4) is 0 Å². The first-order chi connectivity index (χ1) is 15.8. The number of rotatable bonds is 10. The van der Waals surface area contributed by atoms with Crippen molar-refractivity contribution in [2.45, 2.75) is 24.5 Å². The van der Waals surface area contributed by atoms with Gasteiger partial charge in [0, 0.05) is 16.5 Å². The molecule has 0 unspecified atom stereocenters. The summed E-state index contributed by atoms with van der Waals surface area (Å²) in [6.07, 6.45) is -6.02. The molecule has 1 aromatic heterocycles. The maximum atomic E-state index is 13.6. The fourth-order valence-corrected chi connectivity index (χ4v) is 3.51. The van der Waals surface area contributed by atoms with E-state index in [4.69, 9.17) is 37.8 Å². The molecule has 0 spiro atoms. The van der Waals surface area contributed by atoms with Gasteiger partial charge in [0.1, 0.15) is 24.4 Å². The predicted octanol–water partition coefficient (Wildman–Crippen LogP) is 1.66. The van der Waals surface area contributed by atoms with Crippen LogP contribution in [0.5, 0.6) is 11.5 Å². The molecule has 0 fully saturated rings. The second-order valence-corrected chi connectivity index (χ2v) is 7.85. The van der Waals surface area contributed by atoms with Crippen molar-refractivity contribution in [1.29, 1.82) is 0 Å². The van der Waals surface area contributed by atoms with E-state index in [9.17, 15) is 19.7 Å². The van der Waals surface area contributed by atoms with Crippen molar-refractivity contribution in [1.82, 2.24) is 9.97 Å². The lowest BCUT2D eigenvalue weighted by Gasteiger charge is -2.28. The molecular weight excluding hydrogens is 496 g/mol. The number of aliphatic hydroxyl groups excluding tert-OH is 4. The Morgan fingerprint density at radius 3 is 2.38 bits per heavy atom. The topological polar surface area (TPSA) is 169 Å². The number of nitrogens with one attached hydrogen (secondary N) is 1. The monoisotopic (exact) mass is 519 g/mol. The number of alkyl halides is 1. The van der Waals surface area contributed by atoms with Crippen LogP contribution in [0, 0.1) is 0 Å². The summed E-state index contributed by atoms with van der Waals surface area (Å²) in [6.45, 7) is -1.75. The van der Waals surface area contributed by atoms with Crippen LogP contribution in [0.15, 0.2) is 36.7 Å². The highest BCUT2D eigenvalue weighted by Gasteiger charge is 2.34. The maximum absolute atomic E-state index is 13.6. The minimum atomic E-state index is -2.11. The van der Waals surface area contributed by atoms with Gasteiger partial charge in [-0.3, -0.25) is 0 Å². The zero-order chi connectivity index (χ0) is 24.1. The summed E-state index contributed by atoms with van der Waals surface area (Å²) in [6, 6.07) is 7.98. The summed E-state index contributed by atoms with van der Waals surface area (Å²) in [7, 11) is 1.38. The minimum absolute atomic E-state index is 0. The number of anilines is 2. The van der Waals surface area contributed by atoms with Gasteiger partial charge in [0.15, 0.2) is 23.8 Å². The molecule has 0 bridgehead atoms. The highest BCUT2D eigenvalue weighted by molar-refractivity contribution is 6.36. The van der Waals surface area contributed by atoms with Crippen LogP contribution >= 0.6 is 23.2 Å². The van der Waals surface area contributed by atoms with Crippen LogP contribution in [0.25, 0.3) is 10.9 Å². The summed E-state index contributed by atoms with van der Waals surface area (Å²) >= 11 is 12.2. The molecular formula is C21H24Cl2FN3O7. The van der Waals surface area contributed by atoms with Gasteiger partial charge in [-0.1, -0.05) is 23.2 Å². The average Bonchev–Trinajstić information content (AvgIpc) is 2.82. The summed E-state index contributed by atoms with van der Waals surface area (Å²) in [5.41, 5.74) is 0.973. The number of halogens is 3. The van der Waals surface area contributed by atoms with Gasteiger partial charge in [-0.15, -0.1) is 0 Å². The molecule has 2 aromatic carbocycles. The number of aromatic nitrogens is 2. The molecule has 0 aliphatic carbocycles. The largest absolute Gasteiger partial charge is 0.493 e. The molecule has 0 radical (unpaired) electrons. The molecule has 13 heteroatoms. The van der Waals surface area contributed by atoms with Gasteiger partial charge in [0.05, 0.1) is 36.6 Å². The van der Waals surface area contributed by atoms with Gasteiger partial charge in [-0.05, 0) is 24.3 Å². The molecule has 186 valence electrons. The number of hydrogen-bond donors (Lipinski definition) is 5. The van der Waals surface area contributed by atoms with E-state index >= 15 is 0 Å². The normalized spacial score (nSPS) is 14.6. The molecule has 0 saturated heterocycles. The second kappa shape index (κ2) is 12.3. The summed E-state index contributed by atoms with van der Waals surface area (Å²) < 4.78 is 24.5. The Bertz CT molecular complexity index is 1110. The zero-order valence-electron chi connectivity index (χ0n) is 17.8. The highest BCUT2D eigenvalue weighted by atomic mass is 35.5. The van der Waals surface area contributed by atoms with Gasteiger partial charge in [0.25, 0.3) is 0 Å². The fourth-order valence-electron chi connectivity index (χ4n) is 3.05. The van der Waals surface area contributed by atoms with E-state index in [0.717, 1.165) is 0 Å². The van der Waals surface area contributed by atoms with Crippen LogP contribution in [-0.4, -0.2) is 80.7 Å². The number of fused-ring (bicyclic) bond motifs is 1. The van der Waals surface area contributed by atoms with Crippen molar-refractivity contribution in [2.24, 2.45) is 0 Å². The Labute approximate surface area is 203 Å². The van der Waals surface area contributed by atoms with Crippen molar-refractivity contribution < 1.29 is 39.8 Å². The first kappa shape index (κ1) is 27.7. The summed E-state index contributed by atoms with van der Waals surface area (Å²) in [4.78, 5) is 8.44. The molecule has 7 N–H and O–H groups in total. The van der Waals surface area contributed by atoms with E-state index in [2.05, 4.69) is 15.3 Å². The Morgan fingerprint density at radius 2 is 1.76 bits per heavy atom. The first-order valence-electron chi connectivity index (χ1n) is 9.72. The lowest BCUT2D eigenvalue weighted by atomic mass is 10.0. The molecule has 0 aliphatic rings. The lowest BCUT2D eigenvalue weighted by Crippen LogP contribution is -2.48. The standard InChI is InChI=1S/C21H22Cl2FN3O6.H2O/c1-32-16-5-11-15(6-17(16)33-18(8-29)20(31)19(30)13(24)7-28)25-9-26-21(11)27-14-3-2-10(22)4-12(14)23;/h2-6,9,13,18-20,28-31H,7-8H2,1H3,(H,25,26,27);1H2/t13-,18-,19+,20+;/m1./s1. The number of ether oxygens (including phenoxy) is 2. The second-order valence-electron chi connectivity index (χ2n) is 7.01. The van der Waals surface area contributed by atoms with E-state index in [-0.39, 0.29) is 17.0 Å². The van der Waals surface area contributed by atoms with Crippen molar-refractivity contribution in [3.63, 3.8) is 0 Å². The minimum Gasteiger partial charge on any atom is -0.493 e. The highest BCUT2D eigenvalue weighted by Crippen LogP contribution is 2.36. The van der Waals surface area contributed by atoms with E-state index in [1.165, 1.54) is 19.5 Å². The van der Waals surface area contributed by atoms with Crippen molar-refractivity contribution in [3.8, 4) is 11.5 Å². The third kappa shape index (κ3) is 6.13. The molecule has 4 atom stereocenters. The van der Waals surface area contributed by atoms with Crippen LogP contribution in [-0.2, 0) is 0 Å². The van der Waals surface area contributed by atoms with E-state index < -0.39 is 37.7 Å². The molecule has 34 heavy (non-hydrogen) atoms. The Morgan fingerprint density at radius 1 is 1.03 bits per heavy atom. The molecule has 0 aliphatic heterocycles. The SMILES string of the molecule is COc1cc2c(Nc3ccc(Cl)cc3Cl)ncnc2cc1O[C@H](CO)[C@H](O)[C@@H](O)[C@H](F)CO.O. The van der Waals surface area contributed by atoms with E-state index in [1.54, 1.807) is 24.3 Å². The van der Waals surface area contributed by atoms with Crippen LogP contribution in [0.2, 0.25) is 10.0 Å². The number of methoxy groups -OCH3 is 1. The Kier molecular flexibility index (Phi) is 10.0. The predicted molar refractivity (Wildman–Crippen MR) is 125 cm³/mol. The van der Waals surface area contributed by atoms with E-state index in [0.29, 0.717) is 32.5 Å². The summed E-state index contributed by atoms with van der Waals surface area (Å²) in [5, 5.41) is 43.0. The van der Waals surface area contributed by atoms with Crippen LogP contribution in [0.4, 0.5) is 15.9 Å². The molecule has 1 heterocycles. The zero-order valence-corrected chi connectivity index (χ0v) is 19.3. The van der Waals surface area contributed by atoms with Crippen molar-refractivity contribution in [3.05, 3.63) is 46.7 Å². The lowest BCUT2D eigenvalue weighted by molar-refractivity contribution is -0.0981. The fraction of sp³-hybridized carbons (Fsp3) is 0.333. The Balaban J connectivity index is 0.00000408. The first-order valence-corrected chi connectivity index (χ1v) is 10.5. The number of aliphatic hydroxyl groups is 4. The van der Waals surface area contributed by atoms with Gasteiger partial charge < -0.3 is 40.7 Å². The maximum Gasteiger partial charge on any atom is 0.164 e. The van der Waals surface area contributed by atoms with Crippen LogP contribution < -0.4 is 14.8 Å². The van der Waals surface area contributed by atoms with Gasteiger partial charge in [-0.2, -0.15) is 0 Å². The Hall–Kier alpha value is -2.51. The molecule has 3 rings (SSSR count). The smallest absolute Gasteiger partial charge is 0.164 e. The number of benzene rings is 2. The van der Waals surface area contributed by atoms with Gasteiger partial charge in [0.2, 0.25) is 0 Å². The van der Waals surface area contributed by atoms with E-state index in [1.807, 2.05) is 0 Å². The number of hydrogen-bond acceptors (Lipinski definition) is 9. The van der Waals surface area contributed by atoms with Gasteiger partial charge in [-0.25, -0.2) is 14.4 Å². The number of nitrogens with zero attached hydrogens (tertiary/aromatic N) is 2. The van der Waals surface area contributed by atoms with Crippen molar-refractivity contribution in [2.75, 3.05) is 25.6 Å². The third-order valence-corrected chi connectivity index (χ3v) is 5.39. The molecule has 10 nitrogen and oxygen atoms in total. The van der Waals surface area contributed by atoms with Gasteiger partial charge >= 0.3 is 0 Å². The molecule has 3 aromatic rings. The molecule has 0 amide bonds. The van der Waals surface area contributed by atoms with Crippen LogP contribution in [0.1, 0.15) is 0 Å². The quantitative estimate of drug-likeness (QED) is 0.267. The van der Waals surface area contributed by atoms with Crippen molar-refractivity contribution >= 4 is 45.6 Å².